The van der Waals surface area contributed by atoms with E-state index in [1.165, 1.54) is 11.1 Å². The molecule has 13 heavy (non-hydrogen) atoms. The maximum atomic E-state index is 11.0. The number of nitrogens with zero attached hydrogens (tertiary/aromatic N) is 1. The minimum Gasteiger partial charge on any atom is -0.595 e. The molecule has 0 saturated heterocycles. The van der Waals surface area contributed by atoms with Crippen molar-refractivity contribution in [1.29, 1.82) is 0 Å². The van der Waals surface area contributed by atoms with Crippen LogP contribution in [-0.4, -0.2) is 36.8 Å². The number of quaternary nitrogens is 1. The molecule has 0 radical (unpaired) electrons. The lowest BCUT2D eigenvalue weighted by atomic mass is 10.5. The molecular formula is C7H14N2O4. The Hall–Kier alpha value is -1.11. The second-order valence-electron chi connectivity index (χ2n) is 2.53. The zero-order valence-corrected chi connectivity index (χ0v) is 7.90. The molecule has 0 heterocycles. The van der Waals surface area contributed by atoms with Crippen LogP contribution in [0.15, 0.2) is 11.9 Å². The van der Waals surface area contributed by atoms with E-state index in [0.29, 0.717) is 0 Å². The molecule has 0 amide bonds. The van der Waals surface area contributed by atoms with Gasteiger partial charge >= 0.3 is 5.97 Å². The Bertz CT molecular complexity index is 201. The van der Waals surface area contributed by atoms with Gasteiger partial charge in [-0.25, -0.2) is 10.0 Å². The van der Waals surface area contributed by atoms with Gasteiger partial charge in [-0.15, -0.1) is 0 Å². The van der Waals surface area contributed by atoms with Crippen LogP contribution in [0.1, 0.15) is 6.92 Å². The lowest BCUT2D eigenvalue weighted by Gasteiger charge is -2.15. The predicted octanol–water partition coefficient (Wildman–Crippen LogP) is -1.28. The van der Waals surface area contributed by atoms with Crippen molar-refractivity contribution in [3.63, 3.8) is 0 Å². The van der Waals surface area contributed by atoms with Crippen LogP contribution >= 0.6 is 0 Å². The lowest BCUT2D eigenvalue weighted by molar-refractivity contribution is -1.01. The van der Waals surface area contributed by atoms with Gasteiger partial charge in [-0.2, -0.15) is 5.23 Å². The number of ether oxygens (including phenoxy) is 1. The molecule has 0 spiro atoms. The standard InChI is InChI=1S/C7H14N2O4/c1-4-13-7(10)6(9(11)12)5-8(2)3/h5,9,11H,4H2,1-3H3/b6-5-. The minimum atomic E-state index is -1.29. The van der Waals surface area contributed by atoms with Crippen LogP contribution in [0, 0.1) is 5.21 Å². The van der Waals surface area contributed by atoms with Gasteiger partial charge in [-0.05, 0) is 6.92 Å². The van der Waals surface area contributed by atoms with E-state index < -0.39 is 11.2 Å². The van der Waals surface area contributed by atoms with Crippen molar-refractivity contribution >= 4 is 5.97 Å². The van der Waals surface area contributed by atoms with E-state index in [9.17, 15) is 10.0 Å². The zero-order chi connectivity index (χ0) is 10.4. The third kappa shape index (κ3) is 4.46. The second-order valence-corrected chi connectivity index (χ2v) is 2.53. The van der Waals surface area contributed by atoms with Gasteiger partial charge in [-0.3, -0.25) is 0 Å². The molecule has 0 aromatic carbocycles. The van der Waals surface area contributed by atoms with Gasteiger partial charge in [0.25, 0.3) is 5.70 Å². The first-order valence-corrected chi connectivity index (χ1v) is 3.77. The van der Waals surface area contributed by atoms with Crippen molar-refractivity contribution < 1.29 is 20.0 Å². The highest BCUT2D eigenvalue weighted by molar-refractivity contribution is 5.85. The van der Waals surface area contributed by atoms with Crippen molar-refractivity contribution in [2.45, 2.75) is 6.92 Å². The number of carbonyl (C=O) groups excluding carboxylic acids is 1. The Morgan fingerprint density at radius 2 is 2.23 bits per heavy atom. The number of hydrogen-bond donors (Lipinski definition) is 2. The Kier molecular flexibility index (Phi) is 5.05. The average molecular weight is 190 g/mol. The molecule has 2 N–H and O–H groups in total. The summed E-state index contributed by atoms with van der Waals surface area (Å²) in [7, 11) is 3.25. The molecule has 0 saturated carbocycles. The first kappa shape index (κ1) is 11.9. The quantitative estimate of drug-likeness (QED) is 0.328. The highest BCUT2D eigenvalue weighted by Crippen LogP contribution is 1.90. The first-order valence-electron chi connectivity index (χ1n) is 3.77. The fraction of sp³-hybridized carbons (Fsp3) is 0.571. The van der Waals surface area contributed by atoms with Crippen LogP contribution in [0.5, 0.6) is 0 Å². The van der Waals surface area contributed by atoms with Crippen LogP contribution < -0.4 is 5.23 Å². The minimum absolute atomic E-state index is 0.164. The number of hydrogen-bond acceptors (Lipinski definition) is 5. The van der Waals surface area contributed by atoms with E-state index in [-0.39, 0.29) is 12.3 Å². The van der Waals surface area contributed by atoms with E-state index in [1.54, 1.807) is 21.0 Å². The highest BCUT2D eigenvalue weighted by atomic mass is 16.8. The van der Waals surface area contributed by atoms with E-state index in [0.717, 1.165) is 0 Å². The van der Waals surface area contributed by atoms with Crippen molar-refractivity contribution in [1.82, 2.24) is 4.90 Å². The SMILES string of the molecule is CCOC(=O)/C(=C/N(C)C)[NH+]([O-])O. The van der Waals surface area contributed by atoms with Gasteiger partial charge in [-0.1, -0.05) is 0 Å². The summed E-state index contributed by atoms with van der Waals surface area (Å²) in [6.45, 7) is 1.78. The normalized spacial score (nSPS) is 13.8. The molecule has 0 bridgehead atoms. The van der Waals surface area contributed by atoms with Crippen molar-refractivity contribution in [2.24, 2.45) is 0 Å². The summed E-state index contributed by atoms with van der Waals surface area (Å²) in [5.74, 6) is -0.816. The van der Waals surface area contributed by atoms with Crippen LogP contribution in [0.2, 0.25) is 0 Å². The molecule has 6 heteroatoms. The number of rotatable bonds is 4. The highest BCUT2D eigenvalue weighted by Gasteiger charge is 2.18. The molecule has 0 rings (SSSR count). The number of hydroxylamine groups is 2. The van der Waals surface area contributed by atoms with Crippen molar-refractivity contribution in [3.8, 4) is 0 Å². The van der Waals surface area contributed by atoms with Gasteiger partial charge in [0.1, 0.15) is 0 Å². The lowest BCUT2D eigenvalue weighted by Crippen LogP contribution is -3.03. The van der Waals surface area contributed by atoms with Crippen LogP contribution in [0.4, 0.5) is 0 Å². The molecule has 0 aliphatic rings. The molecule has 0 fully saturated rings. The Morgan fingerprint density at radius 3 is 2.54 bits per heavy atom. The molecule has 0 aliphatic heterocycles. The molecule has 6 nitrogen and oxygen atoms in total. The number of nitrogens with one attached hydrogen (secondary N) is 1. The maximum absolute atomic E-state index is 11.0. The largest absolute Gasteiger partial charge is 0.595 e. The summed E-state index contributed by atoms with van der Waals surface area (Å²) in [5.41, 5.74) is -0.369. The van der Waals surface area contributed by atoms with Gasteiger partial charge in [0, 0.05) is 14.1 Å². The topological polar surface area (TPSA) is 77.3 Å². The summed E-state index contributed by atoms with van der Waals surface area (Å²) >= 11 is 0. The summed E-state index contributed by atoms with van der Waals surface area (Å²) in [6, 6.07) is 0. The first-order chi connectivity index (χ1) is 5.99. The van der Waals surface area contributed by atoms with Crippen molar-refractivity contribution in [3.05, 3.63) is 17.1 Å². The Morgan fingerprint density at radius 1 is 1.69 bits per heavy atom. The summed E-state index contributed by atoms with van der Waals surface area (Å²) in [4.78, 5) is 12.5. The zero-order valence-electron chi connectivity index (χ0n) is 7.90. The Balaban J connectivity index is 4.51. The average Bonchev–Trinajstić information content (AvgIpc) is 1.99. The molecule has 1 atom stereocenters. The van der Waals surface area contributed by atoms with Gasteiger partial charge in [0.2, 0.25) is 0 Å². The molecule has 0 aromatic heterocycles. The molecule has 76 valence electrons. The molecular weight excluding hydrogens is 176 g/mol. The maximum Gasteiger partial charge on any atom is 0.397 e. The second kappa shape index (κ2) is 5.52. The molecule has 0 aliphatic carbocycles. The Labute approximate surface area is 76.5 Å². The third-order valence-corrected chi connectivity index (χ3v) is 1.11. The van der Waals surface area contributed by atoms with E-state index in [1.807, 2.05) is 0 Å². The number of carbonyl (C=O) groups is 1. The van der Waals surface area contributed by atoms with Crippen molar-refractivity contribution in [2.75, 3.05) is 20.7 Å². The number of esters is 1. The summed E-state index contributed by atoms with van der Waals surface area (Å²) in [5, 5.41) is 17.9. The van der Waals surface area contributed by atoms with E-state index >= 15 is 0 Å². The monoisotopic (exact) mass is 190 g/mol. The van der Waals surface area contributed by atoms with Crippen LogP contribution in [0.3, 0.4) is 0 Å². The summed E-state index contributed by atoms with van der Waals surface area (Å²) in [6.07, 6.45) is 1.21. The van der Waals surface area contributed by atoms with Gasteiger partial charge < -0.3 is 14.8 Å². The fourth-order valence-corrected chi connectivity index (χ4v) is 0.662. The van der Waals surface area contributed by atoms with Crippen LogP contribution in [0.25, 0.3) is 0 Å². The van der Waals surface area contributed by atoms with Crippen LogP contribution in [-0.2, 0) is 9.53 Å². The molecule has 1 unspecified atom stereocenters. The van der Waals surface area contributed by atoms with Gasteiger partial charge in [0.15, 0.2) is 0 Å². The third-order valence-electron chi connectivity index (χ3n) is 1.11. The fourth-order valence-electron chi connectivity index (χ4n) is 0.662. The van der Waals surface area contributed by atoms with E-state index in [4.69, 9.17) is 5.21 Å². The summed E-state index contributed by atoms with van der Waals surface area (Å²) < 4.78 is 4.55. The predicted molar refractivity (Wildman–Crippen MR) is 44.5 cm³/mol. The molecule has 0 aromatic rings. The van der Waals surface area contributed by atoms with E-state index in [2.05, 4.69) is 4.74 Å². The smallest absolute Gasteiger partial charge is 0.397 e. The van der Waals surface area contributed by atoms with Gasteiger partial charge in [0.05, 0.1) is 12.8 Å².